The van der Waals surface area contributed by atoms with Crippen molar-refractivity contribution in [3.63, 3.8) is 0 Å². The highest BCUT2D eigenvalue weighted by Gasteiger charge is 2.68. The van der Waals surface area contributed by atoms with E-state index in [1.165, 1.54) is 37.7 Å². The normalized spacial score (nSPS) is 47.6. The van der Waals surface area contributed by atoms with Crippen molar-refractivity contribution in [1.82, 2.24) is 0 Å². The number of aliphatic hydroxyl groups is 1. The van der Waals surface area contributed by atoms with Gasteiger partial charge in [-0.05, 0) is 124 Å². The lowest BCUT2D eigenvalue weighted by molar-refractivity contribution is -0.181. The fourth-order valence-electron chi connectivity index (χ4n) is 9.46. The van der Waals surface area contributed by atoms with Crippen LogP contribution in [0.4, 0.5) is 0 Å². The third kappa shape index (κ3) is 4.05. The average Bonchev–Trinajstić information content (AvgIpc) is 3.28. The number of aliphatic hydroxyl groups excluding tert-OH is 1. The lowest BCUT2D eigenvalue weighted by Crippen LogP contribution is -2.63. The van der Waals surface area contributed by atoms with Crippen LogP contribution in [0.3, 0.4) is 0 Å². The molecule has 5 aliphatic rings. The molecular weight excluding hydrogens is 464 g/mol. The highest BCUT2D eigenvalue weighted by atomic mass is 28.4. The van der Waals surface area contributed by atoms with Crippen LogP contribution in [0.1, 0.15) is 100 Å². The maximum absolute atomic E-state index is 9.99. The minimum atomic E-state index is -1.82. The van der Waals surface area contributed by atoms with Crippen molar-refractivity contribution in [2.75, 3.05) is 6.61 Å². The Morgan fingerprint density at radius 2 is 1.64 bits per heavy atom. The van der Waals surface area contributed by atoms with Crippen LogP contribution in [0.15, 0.2) is 11.1 Å². The van der Waals surface area contributed by atoms with Crippen molar-refractivity contribution >= 4 is 8.32 Å². The Labute approximate surface area is 222 Å². The Hall–Kier alpha value is -0.203. The zero-order chi connectivity index (χ0) is 26.5. The Morgan fingerprint density at radius 3 is 2.28 bits per heavy atom. The van der Waals surface area contributed by atoms with Crippen LogP contribution in [-0.4, -0.2) is 44.1 Å². The van der Waals surface area contributed by atoms with Gasteiger partial charge in [0.1, 0.15) is 0 Å². The second-order valence-electron chi connectivity index (χ2n) is 15.7. The van der Waals surface area contributed by atoms with Gasteiger partial charge in [-0.2, -0.15) is 0 Å². The van der Waals surface area contributed by atoms with Gasteiger partial charge in [-0.25, -0.2) is 0 Å². The summed E-state index contributed by atoms with van der Waals surface area (Å²) in [5.41, 5.74) is 3.23. The van der Waals surface area contributed by atoms with Crippen molar-refractivity contribution in [2.45, 2.75) is 143 Å². The van der Waals surface area contributed by atoms with Crippen LogP contribution < -0.4 is 0 Å². The van der Waals surface area contributed by atoms with Gasteiger partial charge in [0.05, 0.1) is 18.8 Å². The van der Waals surface area contributed by atoms with E-state index in [2.05, 4.69) is 68.5 Å². The molecule has 9 atom stereocenters. The van der Waals surface area contributed by atoms with E-state index < -0.39 is 14.1 Å². The highest BCUT2D eigenvalue weighted by Crippen LogP contribution is 2.69. The summed E-state index contributed by atoms with van der Waals surface area (Å²) in [4.78, 5) is 0. The number of allylic oxidation sites excluding steroid dienone is 1. The van der Waals surface area contributed by atoms with Crippen LogP contribution >= 0.6 is 0 Å². The summed E-state index contributed by atoms with van der Waals surface area (Å²) in [6.07, 6.45) is 9.11. The summed E-state index contributed by atoms with van der Waals surface area (Å²) in [6.45, 7) is 23.6. The monoisotopic (exact) mass is 518 g/mol. The summed E-state index contributed by atoms with van der Waals surface area (Å²) >= 11 is 0. The van der Waals surface area contributed by atoms with E-state index in [0.29, 0.717) is 29.8 Å². The van der Waals surface area contributed by atoms with Crippen molar-refractivity contribution in [1.29, 1.82) is 0 Å². The van der Waals surface area contributed by atoms with Gasteiger partial charge < -0.3 is 19.0 Å². The molecule has 4 saturated carbocycles. The van der Waals surface area contributed by atoms with Gasteiger partial charge in [-0.15, -0.1) is 0 Å². The standard InChI is InChI=1S/C31H54O4Si/c1-19(18-32)21-11-12-22-25-23(14-16-30(21,22)7)31(8)15-13-20(35-36(9,10)28(2,3)4)17-24(31)26-27(25)34-29(5,6)33-26/h20,22-27,32H,11-18H2,1-10H3/b21-19-/t20-,22?,23?,24?,25?,26+,27+,30+,31+/m0/s1. The molecule has 4 nitrogen and oxygen atoms in total. The summed E-state index contributed by atoms with van der Waals surface area (Å²) < 4.78 is 20.7. The molecule has 5 rings (SSSR count). The van der Waals surface area contributed by atoms with Crippen LogP contribution in [0.5, 0.6) is 0 Å². The van der Waals surface area contributed by atoms with E-state index in [1.54, 1.807) is 5.57 Å². The van der Waals surface area contributed by atoms with Crippen LogP contribution in [0, 0.1) is 34.5 Å². The number of hydrogen-bond donors (Lipinski definition) is 1. The fourth-order valence-corrected chi connectivity index (χ4v) is 10.9. The zero-order valence-electron chi connectivity index (χ0n) is 24.9. The van der Waals surface area contributed by atoms with E-state index in [-0.39, 0.29) is 34.7 Å². The topological polar surface area (TPSA) is 47.9 Å². The second kappa shape index (κ2) is 8.65. The third-order valence-corrected chi connectivity index (χ3v) is 16.8. The number of ether oxygens (including phenoxy) is 2. The largest absolute Gasteiger partial charge is 0.414 e. The minimum Gasteiger partial charge on any atom is -0.414 e. The first-order valence-electron chi connectivity index (χ1n) is 14.9. The first-order valence-corrected chi connectivity index (χ1v) is 17.8. The predicted octanol–water partition coefficient (Wildman–Crippen LogP) is 7.47. The zero-order valence-corrected chi connectivity index (χ0v) is 25.9. The SMILES string of the molecule is C/C(CO)=C1\CCC2C3C(CC[C@]12C)[C@@]1(C)CC[C@H](O[Si](C)(C)C(C)(C)C)CC1[C@H]1OC(C)(C)O[C@H]31. The molecule has 0 aromatic rings. The maximum atomic E-state index is 9.99. The first-order chi connectivity index (χ1) is 16.5. The van der Waals surface area contributed by atoms with Crippen molar-refractivity contribution in [3.05, 3.63) is 11.1 Å². The van der Waals surface area contributed by atoms with E-state index >= 15 is 0 Å². The number of rotatable bonds is 3. The third-order valence-electron chi connectivity index (χ3n) is 12.3. The van der Waals surface area contributed by atoms with Gasteiger partial charge in [0, 0.05) is 6.10 Å². The number of fused-ring (bicyclic) bond motifs is 8. The molecule has 1 heterocycles. The molecular formula is C31H54O4Si. The molecule has 4 aliphatic carbocycles. The van der Waals surface area contributed by atoms with Gasteiger partial charge in [-0.3, -0.25) is 0 Å². The summed E-state index contributed by atoms with van der Waals surface area (Å²) in [7, 11) is -1.82. The Kier molecular flexibility index (Phi) is 6.57. The lowest BCUT2D eigenvalue weighted by atomic mass is 9.43. The fraction of sp³-hybridized carbons (Fsp3) is 0.935. The van der Waals surface area contributed by atoms with E-state index in [9.17, 15) is 5.11 Å². The average molecular weight is 519 g/mol. The minimum absolute atomic E-state index is 0.159. The molecule has 36 heavy (non-hydrogen) atoms. The molecule has 0 aromatic heterocycles. The van der Waals surface area contributed by atoms with Crippen molar-refractivity contribution in [2.24, 2.45) is 34.5 Å². The molecule has 206 valence electrons. The maximum Gasteiger partial charge on any atom is 0.192 e. The summed E-state index contributed by atoms with van der Waals surface area (Å²) in [6, 6.07) is 0. The molecule has 1 aliphatic heterocycles. The van der Waals surface area contributed by atoms with Gasteiger partial charge in [-0.1, -0.05) is 40.2 Å². The molecule has 0 radical (unpaired) electrons. The Morgan fingerprint density at radius 1 is 0.972 bits per heavy atom. The van der Waals surface area contributed by atoms with Crippen LogP contribution in [0.25, 0.3) is 0 Å². The van der Waals surface area contributed by atoms with Gasteiger partial charge in [0.2, 0.25) is 0 Å². The van der Waals surface area contributed by atoms with Crippen molar-refractivity contribution < 1.29 is 19.0 Å². The first kappa shape index (κ1) is 27.4. The lowest BCUT2D eigenvalue weighted by Gasteiger charge is -2.63. The number of hydrogen-bond acceptors (Lipinski definition) is 4. The van der Waals surface area contributed by atoms with Crippen LogP contribution in [0.2, 0.25) is 18.1 Å². The Balaban J connectivity index is 1.48. The van der Waals surface area contributed by atoms with Gasteiger partial charge >= 0.3 is 0 Å². The van der Waals surface area contributed by atoms with Crippen molar-refractivity contribution in [3.8, 4) is 0 Å². The molecule has 0 spiro atoms. The van der Waals surface area contributed by atoms with E-state index in [4.69, 9.17) is 13.9 Å². The molecule has 4 unspecified atom stereocenters. The summed E-state index contributed by atoms with van der Waals surface area (Å²) in [5, 5.41) is 10.2. The quantitative estimate of drug-likeness (QED) is 0.311. The van der Waals surface area contributed by atoms with Crippen LogP contribution in [-0.2, 0) is 13.9 Å². The second-order valence-corrected chi connectivity index (χ2v) is 20.4. The van der Waals surface area contributed by atoms with Gasteiger partial charge in [0.15, 0.2) is 14.1 Å². The molecule has 1 saturated heterocycles. The molecule has 0 bridgehead atoms. The molecule has 5 fully saturated rings. The predicted molar refractivity (Wildman–Crippen MR) is 148 cm³/mol. The molecule has 0 aromatic carbocycles. The Bertz CT molecular complexity index is 903. The van der Waals surface area contributed by atoms with E-state index in [0.717, 1.165) is 12.8 Å². The molecule has 1 N–H and O–H groups in total. The molecule has 0 amide bonds. The molecule has 5 heteroatoms. The smallest absolute Gasteiger partial charge is 0.192 e. The summed E-state index contributed by atoms with van der Waals surface area (Å²) in [5.74, 6) is 1.82. The van der Waals surface area contributed by atoms with Gasteiger partial charge in [0.25, 0.3) is 0 Å². The van der Waals surface area contributed by atoms with E-state index in [1.807, 2.05) is 0 Å². The highest BCUT2D eigenvalue weighted by molar-refractivity contribution is 6.74.